The van der Waals surface area contributed by atoms with Crippen LogP contribution in [0.2, 0.25) is 0 Å². The predicted octanol–water partition coefficient (Wildman–Crippen LogP) is 2.79. The van der Waals surface area contributed by atoms with E-state index >= 15 is 0 Å². The van der Waals surface area contributed by atoms with Crippen LogP contribution in [0.1, 0.15) is 32.3 Å². The quantitative estimate of drug-likeness (QED) is 0.577. The van der Waals surface area contributed by atoms with Gasteiger partial charge in [0, 0.05) is 11.6 Å². The van der Waals surface area contributed by atoms with Crippen LogP contribution in [0.5, 0.6) is 11.5 Å². The third-order valence-corrected chi connectivity index (χ3v) is 3.07. The molecule has 1 rings (SSSR count). The summed E-state index contributed by atoms with van der Waals surface area (Å²) in [4.78, 5) is 0. The minimum atomic E-state index is 0.0151. The summed E-state index contributed by atoms with van der Waals surface area (Å²) in [6.45, 7) is 4.99. The number of rotatable bonds is 7. The van der Waals surface area contributed by atoms with Gasteiger partial charge in [0.25, 0.3) is 0 Å². The number of benzene rings is 1. The van der Waals surface area contributed by atoms with E-state index in [4.69, 9.17) is 20.6 Å². The van der Waals surface area contributed by atoms with Crippen LogP contribution in [0.4, 0.5) is 0 Å². The highest BCUT2D eigenvalue weighted by Gasteiger charge is 2.08. The van der Waals surface area contributed by atoms with Crippen molar-refractivity contribution < 1.29 is 9.47 Å². The van der Waals surface area contributed by atoms with Crippen molar-refractivity contribution in [3.8, 4) is 11.5 Å². The maximum Gasteiger partial charge on any atom is 0.123 e. The number of nitrogens with two attached hydrogens (primary N) is 1. The molecule has 0 aliphatic rings. The second-order valence-corrected chi connectivity index (χ2v) is 4.30. The van der Waals surface area contributed by atoms with Gasteiger partial charge in [-0.15, -0.1) is 0 Å². The summed E-state index contributed by atoms with van der Waals surface area (Å²) < 4.78 is 10.9. The van der Waals surface area contributed by atoms with Gasteiger partial charge in [-0.1, -0.05) is 26.7 Å². The molecule has 0 unspecified atom stereocenters. The number of amidine groups is 1. The van der Waals surface area contributed by atoms with Crippen molar-refractivity contribution in [2.75, 3.05) is 13.7 Å². The molecule has 0 heterocycles. The second-order valence-electron chi connectivity index (χ2n) is 4.30. The molecule has 0 spiro atoms. The monoisotopic (exact) mass is 250 g/mol. The number of methoxy groups -OCH3 is 1. The molecule has 0 bridgehead atoms. The zero-order valence-electron chi connectivity index (χ0n) is 11.3. The van der Waals surface area contributed by atoms with E-state index in [1.165, 1.54) is 0 Å². The van der Waals surface area contributed by atoms with Crippen LogP contribution >= 0.6 is 0 Å². The Hall–Kier alpha value is -1.71. The van der Waals surface area contributed by atoms with E-state index in [1.807, 2.05) is 6.07 Å². The van der Waals surface area contributed by atoms with E-state index in [0.717, 1.165) is 12.8 Å². The first kappa shape index (κ1) is 14.4. The summed E-state index contributed by atoms with van der Waals surface area (Å²) >= 11 is 0. The predicted molar refractivity (Wildman–Crippen MR) is 73.6 cm³/mol. The standard InChI is InChI=1S/C14H22N2O2/c1-4-10(5-2)9-18-13-7-11(14(15)16)6-12(8-13)17-3/h6-8,10H,4-5,9H2,1-3H3,(H3,15,16). The zero-order chi connectivity index (χ0) is 13.5. The molecule has 100 valence electrons. The molecule has 3 N–H and O–H groups in total. The van der Waals surface area contributed by atoms with Crippen LogP contribution in [0.15, 0.2) is 18.2 Å². The number of nitrogen functional groups attached to an aromatic ring is 1. The van der Waals surface area contributed by atoms with Gasteiger partial charge in [-0.05, 0) is 18.1 Å². The highest BCUT2D eigenvalue weighted by Crippen LogP contribution is 2.23. The third kappa shape index (κ3) is 3.95. The molecule has 0 aliphatic heterocycles. The van der Waals surface area contributed by atoms with Gasteiger partial charge in [0.2, 0.25) is 0 Å². The Kier molecular flexibility index (Phi) is 5.49. The Labute approximate surface area is 109 Å². The highest BCUT2D eigenvalue weighted by molar-refractivity contribution is 5.95. The van der Waals surface area contributed by atoms with E-state index in [1.54, 1.807) is 19.2 Å². The molecule has 0 amide bonds. The Morgan fingerprint density at radius 1 is 1.22 bits per heavy atom. The fourth-order valence-electron chi connectivity index (χ4n) is 1.67. The number of nitrogens with one attached hydrogen (secondary N) is 1. The van der Waals surface area contributed by atoms with Crippen LogP contribution in [0.3, 0.4) is 0 Å². The normalized spacial score (nSPS) is 10.4. The van der Waals surface area contributed by atoms with E-state index in [2.05, 4.69) is 13.8 Å². The summed E-state index contributed by atoms with van der Waals surface area (Å²) in [5, 5.41) is 7.46. The zero-order valence-corrected chi connectivity index (χ0v) is 11.3. The lowest BCUT2D eigenvalue weighted by molar-refractivity contribution is 0.239. The lowest BCUT2D eigenvalue weighted by Crippen LogP contribution is -2.13. The summed E-state index contributed by atoms with van der Waals surface area (Å²) in [6.07, 6.45) is 2.19. The topological polar surface area (TPSA) is 68.3 Å². The lowest BCUT2D eigenvalue weighted by atomic mass is 10.1. The fraction of sp³-hybridized carbons (Fsp3) is 0.500. The molecule has 4 heteroatoms. The molecule has 1 aromatic rings. The second kappa shape index (κ2) is 6.89. The molecule has 4 nitrogen and oxygen atoms in total. The fourth-order valence-corrected chi connectivity index (χ4v) is 1.67. The summed E-state index contributed by atoms with van der Waals surface area (Å²) in [7, 11) is 1.59. The lowest BCUT2D eigenvalue weighted by Gasteiger charge is -2.15. The van der Waals surface area contributed by atoms with Gasteiger partial charge in [0.05, 0.1) is 13.7 Å². The van der Waals surface area contributed by atoms with Gasteiger partial charge in [0.15, 0.2) is 0 Å². The summed E-state index contributed by atoms with van der Waals surface area (Å²) in [5.74, 6) is 1.92. The van der Waals surface area contributed by atoms with Crippen molar-refractivity contribution in [3.05, 3.63) is 23.8 Å². The summed E-state index contributed by atoms with van der Waals surface area (Å²) in [6, 6.07) is 5.31. The van der Waals surface area contributed by atoms with E-state index in [9.17, 15) is 0 Å². The van der Waals surface area contributed by atoms with Gasteiger partial charge in [0.1, 0.15) is 17.3 Å². The molecule has 0 atom stereocenters. The first-order valence-corrected chi connectivity index (χ1v) is 6.26. The van der Waals surface area contributed by atoms with Crippen molar-refractivity contribution >= 4 is 5.84 Å². The minimum absolute atomic E-state index is 0.0151. The number of hydrogen-bond donors (Lipinski definition) is 2. The molecule has 0 aromatic heterocycles. The molecule has 0 aliphatic carbocycles. The van der Waals surface area contributed by atoms with Gasteiger partial charge >= 0.3 is 0 Å². The molecule has 0 fully saturated rings. The van der Waals surface area contributed by atoms with Crippen LogP contribution in [-0.4, -0.2) is 19.6 Å². The largest absolute Gasteiger partial charge is 0.497 e. The molecule has 0 saturated heterocycles. The van der Waals surface area contributed by atoms with Gasteiger partial charge in [-0.25, -0.2) is 0 Å². The van der Waals surface area contributed by atoms with Crippen molar-refractivity contribution in [3.63, 3.8) is 0 Å². The highest BCUT2D eigenvalue weighted by atomic mass is 16.5. The summed E-state index contributed by atoms with van der Waals surface area (Å²) in [5.41, 5.74) is 6.11. The first-order chi connectivity index (χ1) is 8.60. The average Bonchev–Trinajstić information content (AvgIpc) is 2.39. The van der Waals surface area contributed by atoms with E-state index < -0.39 is 0 Å². The third-order valence-electron chi connectivity index (χ3n) is 3.07. The molecule has 1 aromatic carbocycles. The van der Waals surface area contributed by atoms with Crippen LogP contribution < -0.4 is 15.2 Å². The molecular formula is C14H22N2O2. The van der Waals surface area contributed by atoms with Crippen molar-refractivity contribution in [1.29, 1.82) is 5.41 Å². The van der Waals surface area contributed by atoms with E-state index in [-0.39, 0.29) is 5.84 Å². The first-order valence-electron chi connectivity index (χ1n) is 6.26. The van der Waals surface area contributed by atoms with Crippen molar-refractivity contribution in [2.45, 2.75) is 26.7 Å². The number of hydrogen-bond acceptors (Lipinski definition) is 3. The van der Waals surface area contributed by atoms with Crippen molar-refractivity contribution in [1.82, 2.24) is 0 Å². The van der Waals surface area contributed by atoms with Crippen LogP contribution in [0, 0.1) is 11.3 Å². The van der Waals surface area contributed by atoms with Crippen molar-refractivity contribution in [2.24, 2.45) is 11.7 Å². The Balaban J connectivity index is 2.81. The Bertz CT molecular complexity index is 401. The Morgan fingerprint density at radius 3 is 2.33 bits per heavy atom. The molecule has 0 radical (unpaired) electrons. The van der Waals surface area contributed by atoms with Gasteiger partial charge in [-0.3, -0.25) is 5.41 Å². The van der Waals surface area contributed by atoms with E-state index in [0.29, 0.717) is 29.6 Å². The van der Waals surface area contributed by atoms with Crippen LogP contribution in [0.25, 0.3) is 0 Å². The minimum Gasteiger partial charge on any atom is -0.497 e. The maximum atomic E-state index is 7.46. The Morgan fingerprint density at radius 2 is 1.83 bits per heavy atom. The maximum absolute atomic E-state index is 7.46. The molecule has 0 saturated carbocycles. The molecule has 18 heavy (non-hydrogen) atoms. The molecular weight excluding hydrogens is 228 g/mol. The smallest absolute Gasteiger partial charge is 0.123 e. The van der Waals surface area contributed by atoms with Crippen LogP contribution in [-0.2, 0) is 0 Å². The van der Waals surface area contributed by atoms with Gasteiger partial charge in [-0.2, -0.15) is 0 Å². The van der Waals surface area contributed by atoms with Gasteiger partial charge < -0.3 is 15.2 Å². The average molecular weight is 250 g/mol. The SMILES string of the molecule is CCC(CC)COc1cc(OC)cc(C(=N)N)c1. The number of ether oxygens (including phenoxy) is 2.